The standard InChI is InChI=1S/C25H42O3/c1-5-13-27-18-9-11-24(3)17(15-18)16-21(26)23-19-7-8-22(28-14-6-2)25(19,4)12-10-20(23)24/h17-20,22-23H,5-16H2,1-4H3/t17-,18-,19+,20+,22+,23+,24+,25+/m1/s1. The normalized spacial score (nSPS) is 48.1. The Labute approximate surface area is 172 Å². The first-order valence-electron chi connectivity index (χ1n) is 12.2. The van der Waals surface area contributed by atoms with Gasteiger partial charge in [-0.2, -0.15) is 0 Å². The summed E-state index contributed by atoms with van der Waals surface area (Å²) in [6.45, 7) is 11.1. The molecule has 0 spiro atoms. The van der Waals surface area contributed by atoms with Crippen LogP contribution in [0, 0.1) is 34.5 Å². The molecule has 0 heterocycles. The van der Waals surface area contributed by atoms with Crippen LogP contribution in [0.4, 0.5) is 0 Å². The van der Waals surface area contributed by atoms with Crippen LogP contribution in [0.3, 0.4) is 0 Å². The molecule has 0 aliphatic heterocycles. The molecule has 0 radical (unpaired) electrons. The van der Waals surface area contributed by atoms with E-state index >= 15 is 0 Å². The van der Waals surface area contributed by atoms with Gasteiger partial charge in [-0.25, -0.2) is 0 Å². The fourth-order valence-electron chi connectivity index (χ4n) is 7.81. The first-order valence-corrected chi connectivity index (χ1v) is 12.2. The van der Waals surface area contributed by atoms with Gasteiger partial charge in [0.2, 0.25) is 0 Å². The Hall–Kier alpha value is -0.410. The highest BCUT2D eigenvalue weighted by Crippen LogP contribution is 2.65. The zero-order valence-corrected chi connectivity index (χ0v) is 18.7. The fraction of sp³-hybridized carbons (Fsp3) is 0.960. The van der Waals surface area contributed by atoms with E-state index in [1.54, 1.807) is 0 Å². The molecule has 4 rings (SSSR count). The second kappa shape index (κ2) is 8.02. The van der Waals surface area contributed by atoms with Crippen LogP contribution in [-0.2, 0) is 14.3 Å². The predicted octanol–water partition coefficient (Wildman–Crippen LogP) is 5.80. The number of Topliss-reactive ketones (excluding diaryl/α,β-unsaturated/α-hetero) is 1. The molecule has 0 saturated heterocycles. The van der Waals surface area contributed by atoms with E-state index in [1.165, 1.54) is 32.1 Å². The lowest BCUT2D eigenvalue weighted by Gasteiger charge is -2.60. The van der Waals surface area contributed by atoms with Crippen LogP contribution < -0.4 is 0 Å². The number of carbonyl (C=O) groups excluding carboxylic acids is 1. The van der Waals surface area contributed by atoms with Crippen molar-refractivity contribution in [1.82, 2.24) is 0 Å². The molecule has 3 heteroatoms. The maximum Gasteiger partial charge on any atom is 0.136 e. The Morgan fingerprint density at radius 1 is 0.893 bits per heavy atom. The number of hydrogen-bond acceptors (Lipinski definition) is 3. The summed E-state index contributed by atoms with van der Waals surface area (Å²) in [4.78, 5) is 13.5. The summed E-state index contributed by atoms with van der Waals surface area (Å²) in [7, 11) is 0. The summed E-state index contributed by atoms with van der Waals surface area (Å²) >= 11 is 0. The summed E-state index contributed by atoms with van der Waals surface area (Å²) in [5.74, 6) is 2.55. The van der Waals surface area contributed by atoms with Crippen molar-refractivity contribution in [2.24, 2.45) is 34.5 Å². The highest BCUT2D eigenvalue weighted by molar-refractivity contribution is 5.83. The van der Waals surface area contributed by atoms with Crippen LogP contribution in [0.25, 0.3) is 0 Å². The molecule has 4 aliphatic rings. The van der Waals surface area contributed by atoms with Gasteiger partial charge in [-0.1, -0.05) is 27.7 Å². The molecule has 0 aromatic carbocycles. The molecule has 4 saturated carbocycles. The van der Waals surface area contributed by atoms with Crippen molar-refractivity contribution in [2.45, 2.75) is 104 Å². The first kappa shape index (κ1) is 20.8. The van der Waals surface area contributed by atoms with Crippen molar-refractivity contribution in [3.8, 4) is 0 Å². The SMILES string of the molecule is CCCO[C@@H]1CC[C@@]2(C)[C@@H](CC(=O)[C@@H]3[C@@H]2CC[C@]2(C)[C@@H](OCCC)CC[C@@H]32)C1. The molecule has 0 amide bonds. The first-order chi connectivity index (χ1) is 13.4. The minimum Gasteiger partial charge on any atom is -0.378 e. The number of ether oxygens (including phenoxy) is 2. The Balaban J connectivity index is 1.52. The van der Waals surface area contributed by atoms with Crippen LogP contribution in [0.5, 0.6) is 0 Å². The quantitative estimate of drug-likeness (QED) is 0.575. The highest BCUT2D eigenvalue weighted by atomic mass is 16.5. The van der Waals surface area contributed by atoms with Gasteiger partial charge in [0.1, 0.15) is 5.78 Å². The van der Waals surface area contributed by atoms with Crippen LogP contribution in [-0.4, -0.2) is 31.2 Å². The average Bonchev–Trinajstić information content (AvgIpc) is 3.01. The van der Waals surface area contributed by atoms with Crippen molar-refractivity contribution in [3.63, 3.8) is 0 Å². The highest BCUT2D eigenvalue weighted by Gasteiger charge is 2.63. The molecule has 160 valence electrons. The molecular weight excluding hydrogens is 348 g/mol. The van der Waals surface area contributed by atoms with Gasteiger partial charge in [0.15, 0.2) is 0 Å². The minimum atomic E-state index is 0.219. The fourth-order valence-corrected chi connectivity index (χ4v) is 7.81. The van der Waals surface area contributed by atoms with E-state index in [9.17, 15) is 4.79 Å². The van der Waals surface area contributed by atoms with E-state index < -0.39 is 0 Å². The molecule has 4 aliphatic carbocycles. The largest absolute Gasteiger partial charge is 0.378 e. The Bertz CT molecular complexity index is 574. The minimum absolute atomic E-state index is 0.219. The van der Waals surface area contributed by atoms with Crippen molar-refractivity contribution in [2.75, 3.05) is 13.2 Å². The maximum absolute atomic E-state index is 13.5. The summed E-state index contributed by atoms with van der Waals surface area (Å²) in [5, 5.41) is 0. The lowest BCUT2D eigenvalue weighted by Crippen LogP contribution is -2.57. The summed E-state index contributed by atoms with van der Waals surface area (Å²) < 4.78 is 12.4. The molecular formula is C25H42O3. The number of fused-ring (bicyclic) bond motifs is 5. The topological polar surface area (TPSA) is 35.5 Å². The van der Waals surface area contributed by atoms with Crippen molar-refractivity contribution >= 4 is 5.78 Å². The summed E-state index contributed by atoms with van der Waals surface area (Å²) in [5.41, 5.74) is 0.560. The number of ketones is 1. The van der Waals surface area contributed by atoms with Gasteiger partial charge in [-0.3, -0.25) is 4.79 Å². The second-order valence-corrected chi connectivity index (χ2v) is 10.9. The lowest BCUT2D eigenvalue weighted by atomic mass is 9.45. The Morgan fingerprint density at radius 3 is 2.32 bits per heavy atom. The molecule has 4 fully saturated rings. The molecule has 28 heavy (non-hydrogen) atoms. The molecule has 0 aromatic rings. The molecule has 0 unspecified atom stereocenters. The van der Waals surface area contributed by atoms with Gasteiger partial charge in [0.25, 0.3) is 0 Å². The molecule has 3 nitrogen and oxygen atoms in total. The zero-order chi connectivity index (χ0) is 19.9. The van der Waals surface area contributed by atoms with Crippen LogP contribution in [0.1, 0.15) is 91.9 Å². The summed E-state index contributed by atoms with van der Waals surface area (Å²) in [6.07, 6.45) is 12.1. The van der Waals surface area contributed by atoms with E-state index in [0.717, 1.165) is 45.3 Å². The van der Waals surface area contributed by atoms with Gasteiger partial charge in [-0.05, 0) is 86.4 Å². The Morgan fingerprint density at radius 2 is 1.57 bits per heavy atom. The van der Waals surface area contributed by atoms with E-state index in [2.05, 4.69) is 27.7 Å². The van der Waals surface area contributed by atoms with E-state index in [0.29, 0.717) is 47.1 Å². The smallest absolute Gasteiger partial charge is 0.136 e. The monoisotopic (exact) mass is 390 g/mol. The zero-order valence-electron chi connectivity index (χ0n) is 18.7. The molecule has 8 atom stereocenters. The second-order valence-electron chi connectivity index (χ2n) is 10.9. The van der Waals surface area contributed by atoms with E-state index in [1.807, 2.05) is 0 Å². The molecule has 0 bridgehead atoms. The summed E-state index contributed by atoms with van der Waals surface area (Å²) in [6, 6.07) is 0. The average molecular weight is 391 g/mol. The predicted molar refractivity (Wildman–Crippen MR) is 112 cm³/mol. The molecule has 0 N–H and O–H groups in total. The van der Waals surface area contributed by atoms with Crippen molar-refractivity contribution in [3.05, 3.63) is 0 Å². The van der Waals surface area contributed by atoms with Gasteiger partial charge in [-0.15, -0.1) is 0 Å². The number of rotatable bonds is 6. The molecule has 0 aromatic heterocycles. The number of hydrogen-bond donors (Lipinski definition) is 0. The van der Waals surface area contributed by atoms with Gasteiger partial charge in [0.05, 0.1) is 12.2 Å². The number of carbonyl (C=O) groups is 1. The van der Waals surface area contributed by atoms with E-state index in [-0.39, 0.29) is 5.41 Å². The van der Waals surface area contributed by atoms with Crippen LogP contribution in [0.15, 0.2) is 0 Å². The third kappa shape index (κ3) is 3.29. The van der Waals surface area contributed by atoms with Gasteiger partial charge in [0, 0.05) is 25.6 Å². The third-order valence-corrected chi connectivity index (χ3v) is 9.42. The maximum atomic E-state index is 13.5. The van der Waals surface area contributed by atoms with Crippen LogP contribution >= 0.6 is 0 Å². The van der Waals surface area contributed by atoms with E-state index in [4.69, 9.17) is 9.47 Å². The van der Waals surface area contributed by atoms with Crippen LogP contribution in [0.2, 0.25) is 0 Å². The Kier molecular flexibility index (Phi) is 5.97. The van der Waals surface area contributed by atoms with Crippen molar-refractivity contribution < 1.29 is 14.3 Å². The lowest BCUT2D eigenvalue weighted by molar-refractivity contribution is -0.166. The third-order valence-electron chi connectivity index (χ3n) is 9.42. The van der Waals surface area contributed by atoms with Gasteiger partial charge < -0.3 is 9.47 Å². The van der Waals surface area contributed by atoms with Crippen molar-refractivity contribution in [1.29, 1.82) is 0 Å². The van der Waals surface area contributed by atoms with Gasteiger partial charge >= 0.3 is 0 Å².